The number of aromatic nitrogens is 2. The van der Waals surface area contributed by atoms with Crippen LogP contribution in [0.2, 0.25) is 5.02 Å². The van der Waals surface area contributed by atoms with E-state index in [4.69, 9.17) is 11.6 Å². The maximum Gasteiger partial charge on any atom is 0.0741 e. The molecule has 20 heavy (non-hydrogen) atoms. The molecule has 1 heterocycles. The van der Waals surface area contributed by atoms with Crippen LogP contribution >= 0.6 is 11.6 Å². The molecule has 1 aromatic heterocycles. The molecule has 0 aliphatic rings. The summed E-state index contributed by atoms with van der Waals surface area (Å²) in [5, 5.41) is 9.74. The van der Waals surface area contributed by atoms with Crippen LogP contribution in [0.3, 0.4) is 0 Å². The van der Waals surface area contributed by atoms with Crippen molar-refractivity contribution in [1.29, 1.82) is 0 Å². The van der Waals surface area contributed by atoms with E-state index >= 15 is 0 Å². The Bertz CT molecular complexity index is 733. The lowest BCUT2D eigenvalue weighted by Crippen LogP contribution is -2.14. The first-order valence-corrected chi connectivity index (χ1v) is 7.09. The summed E-state index contributed by atoms with van der Waals surface area (Å²) in [5.41, 5.74) is 3.32. The fourth-order valence-corrected chi connectivity index (χ4v) is 2.52. The lowest BCUT2D eigenvalue weighted by molar-refractivity contribution is 0.719. The van der Waals surface area contributed by atoms with Crippen LogP contribution in [-0.2, 0) is 6.54 Å². The molecule has 4 heteroatoms. The second kappa shape index (κ2) is 5.65. The normalized spacial score (nSPS) is 11.1. The van der Waals surface area contributed by atoms with Gasteiger partial charge in [-0.3, -0.25) is 0 Å². The highest BCUT2D eigenvalue weighted by Gasteiger charge is 2.09. The molecule has 3 nitrogen and oxygen atoms in total. The molecular formula is C16H16ClN3. The van der Waals surface area contributed by atoms with Gasteiger partial charge < -0.3 is 5.32 Å². The molecule has 3 rings (SSSR count). The third-order valence-corrected chi connectivity index (χ3v) is 3.55. The molecule has 0 bridgehead atoms. The highest BCUT2D eigenvalue weighted by Crippen LogP contribution is 2.23. The average molecular weight is 286 g/mol. The van der Waals surface area contributed by atoms with E-state index < -0.39 is 0 Å². The Morgan fingerprint density at radius 2 is 2.05 bits per heavy atom. The highest BCUT2D eigenvalue weighted by molar-refractivity contribution is 6.30. The fourth-order valence-electron chi connectivity index (χ4n) is 2.33. The van der Waals surface area contributed by atoms with E-state index in [2.05, 4.69) is 29.5 Å². The van der Waals surface area contributed by atoms with Gasteiger partial charge in [0.15, 0.2) is 0 Å². The van der Waals surface area contributed by atoms with Crippen molar-refractivity contribution in [2.75, 3.05) is 6.54 Å². The number of hydrogen-bond donors (Lipinski definition) is 1. The first-order chi connectivity index (χ1) is 9.79. The summed E-state index contributed by atoms with van der Waals surface area (Å²) in [7, 11) is 0. The predicted octanol–water partition coefficient (Wildman–Crippen LogP) is 3.79. The zero-order valence-corrected chi connectivity index (χ0v) is 12.1. The number of nitrogens with zero attached hydrogens (tertiary/aromatic N) is 2. The Labute approximate surface area is 123 Å². The van der Waals surface area contributed by atoms with Gasteiger partial charge in [-0.15, -0.1) is 0 Å². The van der Waals surface area contributed by atoms with Crippen molar-refractivity contribution < 1.29 is 0 Å². The Hall–Kier alpha value is -1.84. The first-order valence-electron chi connectivity index (χ1n) is 6.72. The lowest BCUT2D eigenvalue weighted by Gasteiger charge is -2.11. The Balaban J connectivity index is 2.13. The van der Waals surface area contributed by atoms with Gasteiger partial charge in [-0.2, -0.15) is 5.10 Å². The number of fused-ring (bicyclic) bond motifs is 1. The number of nitrogens with one attached hydrogen (secondary N) is 1. The molecule has 0 saturated heterocycles. The molecule has 0 radical (unpaired) electrons. The molecule has 0 atom stereocenters. The van der Waals surface area contributed by atoms with Crippen LogP contribution < -0.4 is 5.32 Å². The number of benzene rings is 2. The molecule has 0 saturated carbocycles. The second-order valence-electron chi connectivity index (χ2n) is 4.67. The monoisotopic (exact) mass is 285 g/mol. The van der Waals surface area contributed by atoms with Crippen molar-refractivity contribution >= 4 is 22.5 Å². The molecule has 0 spiro atoms. The van der Waals surface area contributed by atoms with Crippen LogP contribution in [0.15, 0.2) is 48.7 Å². The summed E-state index contributed by atoms with van der Waals surface area (Å²) in [6.45, 7) is 3.79. The van der Waals surface area contributed by atoms with E-state index in [0.717, 1.165) is 40.3 Å². The second-order valence-corrected chi connectivity index (χ2v) is 5.10. The minimum absolute atomic E-state index is 0.748. The number of hydrogen-bond acceptors (Lipinski definition) is 2. The van der Waals surface area contributed by atoms with Gasteiger partial charge in [0.1, 0.15) is 0 Å². The van der Waals surface area contributed by atoms with E-state index in [1.165, 1.54) is 0 Å². The van der Waals surface area contributed by atoms with E-state index in [-0.39, 0.29) is 0 Å². The first kappa shape index (κ1) is 13.2. The highest BCUT2D eigenvalue weighted by atomic mass is 35.5. The fraction of sp³-hybridized carbons (Fsp3) is 0.188. The van der Waals surface area contributed by atoms with Gasteiger partial charge >= 0.3 is 0 Å². The van der Waals surface area contributed by atoms with E-state index in [1.54, 1.807) is 0 Å². The standard InChI is InChI=1S/C16H16ClN3/c1-2-18-10-13-9-14(17)7-8-16(13)20-15-6-4-3-5-12(15)11-19-20/h3-9,11,18H,2,10H2,1H3. The molecule has 2 aromatic carbocycles. The maximum absolute atomic E-state index is 6.12. The Kier molecular flexibility index (Phi) is 3.72. The molecule has 0 unspecified atom stereocenters. The van der Waals surface area contributed by atoms with Crippen molar-refractivity contribution in [1.82, 2.24) is 15.1 Å². The van der Waals surface area contributed by atoms with Crippen molar-refractivity contribution in [3.63, 3.8) is 0 Å². The topological polar surface area (TPSA) is 29.9 Å². The zero-order valence-electron chi connectivity index (χ0n) is 11.3. The summed E-state index contributed by atoms with van der Waals surface area (Å²) < 4.78 is 1.97. The lowest BCUT2D eigenvalue weighted by atomic mass is 10.1. The summed E-state index contributed by atoms with van der Waals surface area (Å²) in [5.74, 6) is 0. The van der Waals surface area contributed by atoms with E-state index in [1.807, 2.05) is 41.2 Å². The molecule has 0 aliphatic heterocycles. The van der Waals surface area contributed by atoms with Crippen molar-refractivity contribution in [3.05, 3.63) is 59.2 Å². The van der Waals surface area contributed by atoms with Gasteiger partial charge in [0.25, 0.3) is 0 Å². The summed E-state index contributed by atoms with van der Waals surface area (Å²) in [6, 6.07) is 14.1. The van der Waals surface area contributed by atoms with Gasteiger partial charge in [-0.25, -0.2) is 4.68 Å². The maximum atomic E-state index is 6.12. The largest absolute Gasteiger partial charge is 0.313 e. The van der Waals surface area contributed by atoms with E-state index in [9.17, 15) is 0 Å². The van der Waals surface area contributed by atoms with Crippen molar-refractivity contribution in [2.45, 2.75) is 13.5 Å². The minimum atomic E-state index is 0.748. The molecule has 0 amide bonds. The van der Waals surface area contributed by atoms with Gasteiger partial charge in [0.05, 0.1) is 17.4 Å². The smallest absolute Gasteiger partial charge is 0.0741 e. The van der Waals surface area contributed by atoms with Gasteiger partial charge in [0, 0.05) is 17.0 Å². The average Bonchev–Trinajstić information content (AvgIpc) is 2.89. The molecule has 3 aromatic rings. The number of rotatable bonds is 4. The van der Waals surface area contributed by atoms with Crippen LogP contribution in [-0.4, -0.2) is 16.3 Å². The van der Waals surface area contributed by atoms with Crippen molar-refractivity contribution in [2.24, 2.45) is 0 Å². The quantitative estimate of drug-likeness (QED) is 0.790. The van der Waals surface area contributed by atoms with Gasteiger partial charge in [0.2, 0.25) is 0 Å². The number of para-hydroxylation sites is 1. The number of halogens is 1. The molecule has 0 fully saturated rings. The van der Waals surface area contributed by atoms with Crippen LogP contribution in [0, 0.1) is 0 Å². The summed E-state index contributed by atoms with van der Waals surface area (Å²) in [4.78, 5) is 0. The van der Waals surface area contributed by atoms with Crippen LogP contribution in [0.4, 0.5) is 0 Å². The van der Waals surface area contributed by atoms with Crippen LogP contribution in [0.25, 0.3) is 16.6 Å². The van der Waals surface area contributed by atoms with Crippen LogP contribution in [0.1, 0.15) is 12.5 Å². The minimum Gasteiger partial charge on any atom is -0.313 e. The van der Waals surface area contributed by atoms with Gasteiger partial charge in [-0.1, -0.05) is 36.7 Å². The summed E-state index contributed by atoms with van der Waals surface area (Å²) >= 11 is 6.12. The molecule has 1 N–H and O–H groups in total. The Morgan fingerprint density at radius 3 is 2.90 bits per heavy atom. The van der Waals surface area contributed by atoms with Gasteiger partial charge in [-0.05, 0) is 36.4 Å². The van der Waals surface area contributed by atoms with Crippen molar-refractivity contribution in [3.8, 4) is 5.69 Å². The summed E-state index contributed by atoms with van der Waals surface area (Å²) in [6.07, 6.45) is 1.89. The molecule has 0 aliphatic carbocycles. The third kappa shape index (κ3) is 2.42. The predicted molar refractivity (Wildman–Crippen MR) is 83.5 cm³/mol. The molecule has 102 valence electrons. The Morgan fingerprint density at radius 1 is 1.20 bits per heavy atom. The zero-order chi connectivity index (χ0) is 13.9. The van der Waals surface area contributed by atoms with E-state index in [0.29, 0.717) is 0 Å². The third-order valence-electron chi connectivity index (χ3n) is 3.31. The SMILES string of the molecule is CCNCc1cc(Cl)ccc1-n1ncc2ccccc21. The van der Waals surface area contributed by atoms with Crippen LogP contribution in [0.5, 0.6) is 0 Å². The molecular weight excluding hydrogens is 270 g/mol.